The standard InChI is InChI=1S/C18H24N6O3/c1-11-5-6-12(19)7-14(11)23-17(26)24(4)15-8-13(21-10-22-15)9-18(2,3)27-16(20)25/h5-8,10H,9,19H2,1-4H3,(H2,20,25)(H,23,26). The van der Waals surface area contributed by atoms with E-state index in [2.05, 4.69) is 15.3 Å². The van der Waals surface area contributed by atoms with Gasteiger partial charge in [0.1, 0.15) is 17.7 Å². The summed E-state index contributed by atoms with van der Waals surface area (Å²) in [5.41, 5.74) is 12.7. The van der Waals surface area contributed by atoms with Crippen molar-refractivity contribution in [3.63, 3.8) is 0 Å². The van der Waals surface area contributed by atoms with Crippen molar-refractivity contribution in [3.05, 3.63) is 41.9 Å². The van der Waals surface area contributed by atoms with Crippen molar-refractivity contribution in [1.82, 2.24) is 9.97 Å². The van der Waals surface area contributed by atoms with E-state index in [0.717, 1.165) is 5.56 Å². The molecule has 0 aliphatic heterocycles. The molecule has 0 fully saturated rings. The molecule has 1 heterocycles. The first-order valence-corrected chi connectivity index (χ1v) is 8.27. The van der Waals surface area contributed by atoms with Crippen molar-refractivity contribution in [2.75, 3.05) is 23.0 Å². The highest BCUT2D eigenvalue weighted by Gasteiger charge is 2.24. The van der Waals surface area contributed by atoms with E-state index in [9.17, 15) is 9.59 Å². The van der Waals surface area contributed by atoms with Crippen molar-refractivity contribution in [3.8, 4) is 0 Å². The van der Waals surface area contributed by atoms with Gasteiger partial charge in [0.25, 0.3) is 0 Å². The number of benzene rings is 1. The number of urea groups is 1. The second-order valence-corrected chi connectivity index (χ2v) is 6.79. The third-order valence-corrected chi connectivity index (χ3v) is 3.84. The van der Waals surface area contributed by atoms with Crippen molar-refractivity contribution in [2.45, 2.75) is 32.8 Å². The molecule has 0 spiro atoms. The van der Waals surface area contributed by atoms with E-state index in [4.69, 9.17) is 16.2 Å². The number of aromatic nitrogens is 2. The van der Waals surface area contributed by atoms with Crippen LogP contribution in [-0.2, 0) is 11.2 Å². The van der Waals surface area contributed by atoms with Crippen molar-refractivity contribution in [2.24, 2.45) is 5.73 Å². The Morgan fingerprint density at radius 1 is 1.26 bits per heavy atom. The first-order valence-electron chi connectivity index (χ1n) is 8.27. The van der Waals surface area contributed by atoms with Crippen LogP contribution in [-0.4, -0.2) is 34.7 Å². The molecule has 1 aromatic heterocycles. The number of nitrogens with two attached hydrogens (primary N) is 2. The van der Waals surface area contributed by atoms with Gasteiger partial charge in [-0.2, -0.15) is 0 Å². The van der Waals surface area contributed by atoms with Gasteiger partial charge in [-0.3, -0.25) is 4.90 Å². The quantitative estimate of drug-likeness (QED) is 0.690. The molecular weight excluding hydrogens is 348 g/mol. The number of hydrogen-bond donors (Lipinski definition) is 3. The van der Waals surface area contributed by atoms with Gasteiger partial charge < -0.3 is 21.5 Å². The van der Waals surface area contributed by atoms with Gasteiger partial charge in [0.2, 0.25) is 0 Å². The Kier molecular flexibility index (Phi) is 5.84. The number of rotatable bonds is 5. The van der Waals surface area contributed by atoms with E-state index in [1.807, 2.05) is 13.0 Å². The Balaban J connectivity index is 2.14. The summed E-state index contributed by atoms with van der Waals surface area (Å²) in [6, 6.07) is 6.56. The van der Waals surface area contributed by atoms with E-state index in [-0.39, 0.29) is 6.03 Å². The average Bonchev–Trinajstić information content (AvgIpc) is 2.56. The molecule has 0 unspecified atom stereocenters. The molecule has 3 amide bonds. The molecule has 0 atom stereocenters. The van der Waals surface area contributed by atoms with Gasteiger partial charge in [-0.05, 0) is 38.5 Å². The number of anilines is 3. The average molecular weight is 372 g/mol. The van der Waals surface area contributed by atoms with Gasteiger partial charge in [0.05, 0.1) is 0 Å². The Hall–Kier alpha value is -3.36. The van der Waals surface area contributed by atoms with E-state index >= 15 is 0 Å². The second-order valence-electron chi connectivity index (χ2n) is 6.79. The highest BCUT2D eigenvalue weighted by Crippen LogP contribution is 2.21. The minimum Gasteiger partial charge on any atom is -0.443 e. The summed E-state index contributed by atoms with van der Waals surface area (Å²) in [7, 11) is 1.59. The summed E-state index contributed by atoms with van der Waals surface area (Å²) >= 11 is 0. The number of nitrogens with one attached hydrogen (secondary N) is 1. The normalized spacial score (nSPS) is 11.0. The number of carbonyl (C=O) groups is 2. The first kappa shape index (κ1) is 20.0. The van der Waals surface area contributed by atoms with Crippen LogP contribution in [0.2, 0.25) is 0 Å². The van der Waals surface area contributed by atoms with Gasteiger partial charge in [0, 0.05) is 36.6 Å². The summed E-state index contributed by atoms with van der Waals surface area (Å²) in [5, 5.41) is 2.80. The monoisotopic (exact) mass is 372 g/mol. The summed E-state index contributed by atoms with van der Waals surface area (Å²) < 4.78 is 5.07. The minimum absolute atomic E-state index is 0.315. The highest BCUT2D eigenvalue weighted by atomic mass is 16.6. The summed E-state index contributed by atoms with van der Waals surface area (Å²) in [6.07, 6.45) is 0.804. The third kappa shape index (κ3) is 5.56. The molecule has 0 saturated carbocycles. The summed E-state index contributed by atoms with van der Waals surface area (Å²) in [6.45, 7) is 5.32. The zero-order valence-corrected chi connectivity index (χ0v) is 15.8. The molecule has 0 aliphatic rings. The molecule has 0 bridgehead atoms. The zero-order valence-electron chi connectivity index (χ0n) is 15.8. The number of carbonyl (C=O) groups excluding carboxylic acids is 2. The molecule has 0 aliphatic carbocycles. The van der Waals surface area contributed by atoms with Crippen LogP contribution in [0.5, 0.6) is 0 Å². The topological polar surface area (TPSA) is 136 Å². The molecule has 9 nitrogen and oxygen atoms in total. The van der Waals surface area contributed by atoms with E-state index in [0.29, 0.717) is 29.3 Å². The first-order chi connectivity index (χ1) is 12.6. The molecule has 0 saturated heterocycles. The lowest BCUT2D eigenvalue weighted by atomic mass is 10.0. The SMILES string of the molecule is Cc1ccc(N)cc1NC(=O)N(C)c1cc(CC(C)(C)OC(N)=O)ncn1. The number of hydrogen-bond acceptors (Lipinski definition) is 6. The maximum absolute atomic E-state index is 12.5. The number of amides is 3. The predicted molar refractivity (Wildman–Crippen MR) is 103 cm³/mol. The van der Waals surface area contributed by atoms with Crippen molar-refractivity contribution in [1.29, 1.82) is 0 Å². The molecule has 5 N–H and O–H groups in total. The van der Waals surface area contributed by atoms with E-state index in [1.54, 1.807) is 39.1 Å². The van der Waals surface area contributed by atoms with Crippen molar-refractivity contribution >= 4 is 29.3 Å². The fourth-order valence-electron chi connectivity index (χ4n) is 2.49. The van der Waals surface area contributed by atoms with Crippen LogP contribution < -0.4 is 21.7 Å². The zero-order chi connectivity index (χ0) is 20.2. The molecule has 1 aromatic carbocycles. The van der Waals surface area contributed by atoms with Crippen LogP contribution in [0, 0.1) is 6.92 Å². The largest absolute Gasteiger partial charge is 0.443 e. The smallest absolute Gasteiger partial charge is 0.405 e. The lowest BCUT2D eigenvalue weighted by molar-refractivity contribution is 0.0453. The Morgan fingerprint density at radius 3 is 2.63 bits per heavy atom. The molecule has 27 heavy (non-hydrogen) atoms. The Bertz CT molecular complexity index is 853. The van der Waals surface area contributed by atoms with Gasteiger partial charge in [0.15, 0.2) is 0 Å². The van der Waals surface area contributed by atoms with Crippen LogP contribution in [0.4, 0.5) is 26.8 Å². The number of ether oxygens (including phenoxy) is 1. The molecule has 144 valence electrons. The number of primary amides is 1. The van der Waals surface area contributed by atoms with Crippen LogP contribution in [0.15, 0.2) is 30.6 Å². The molecule has 2 rings (SSSR count). The predicted octanol–water partition coefficient (Wildman–Crippen LogP) is 2.45. The van der Waals surface area contributed by atoms with Gasteiger partial charge >= 0.3 is 12.1 Å². The highest BCUT2D eigenvalue weighted by molar-refractivity contribution is 6.01. The fraction of sp³-hybridized carbons (Fsp3) is 0.333. The summed E-state index contributed by atoms with van der Waals surface area (Å²) in [5.74, 6) is 0.397. The fourth-order valence-corrected chi connectivity index (χ4v) is 2.49. The maximum Gasteiger partial charge on any atom is 0.405 e. The number of nitrogen functional groups attached to an aromatic ring is 1. The molecule has 0 radical (unpaired) electrons. The number of aryl methyl sites for hydroxylation is 1. The molecular formula is C18H24N6O3. The minimum atomic E-state index is -0.858. The van der Waals surface area contributed by atoms with E-state index < -0.39 is 11.7 Å². The van der Waals surface area contributed by atoms with Crippen LogP contribution >= 0.6 is 0 Å². The third-order valence-electron chi connectivity index (χ3n) is 3.84. The molecule has 2 aromatic rings. The summed E-state index contributed by atoms with van der Waals surface area (Å²) in [4.78, 5) is 33.2. The lowest BCUT2D eigenvalue weighted by Crippen LogP contribution is -2.34. The van der Waals surface area contributed by atoms with Gasteiger partial charge in [-0.1, -0.05) is 6.07 Å². The van der Waals surface area contributed by atoms with Crippen LogP contribution in [0.1, 0.15) is 25.1 Å². The number of nitrogens with zero attached hydrogens (tertiary/aromatic N) is 3. The maximum atomic E-state index is 12.5. The second kappa shape index (κ2) is 7.90. The van der Waals surface area contributed by atoms with Crippen molar-refractivity contribution < 1.29 is 14.3 Å². The van der Waals surface area contributed by atoms with Crippen LogP contribution in [0.3, 0.4) is 0 Å². The Morgan fingerprint density at radius 2 is 1.96 bits per heavy atom. The van der Waals surface area contributed by atoms with Gasteiger partial charge in [-0.25, -0.2) is 19.6 Å². The Labute approximate surface area is 157 Å². The molecule has 9 heteroatoms. The van der Waals surface area contributed by atoms with E-state index in [1.165, 1.54) is 11.2 Å². The van der Waals surface area contributed by atoms with Gasteiger partial charge in [-0.15, -0.1) is 0 Å². The van der Waals surface area contributed by atoms with Crippen LogP contribution in [0.25, 0.3) is 0 Å². The lowest BCUT2D eigenvalue weighted by Gasteiger charge is -2.24.